The van der Waals surface area contributed by atoms with Crippen molar-refractivity contribution in [2.75, 3.05) is 24.8 Å². The van der Waals surface area contributed by atoms with Gasteiger partial charge in [-0.3, -0.25) is 0 Å². The van der Waals surface area contributed by atoms with Crippen LogP contribution in [0.2, 0.25) is 0 Å². The summed E-state index contributed by atoms with van der Waals surface area (Å²) in [6.07, 6.45) is 1.97. The van der Waals surface area contributed by atoms with E-state index in [2.05, 4.69) is 19.2 Å². The highest BCUT2D eigenvalue weighted by molar-refractivity contribution is 5.69. The van der Waals surface area contributed by atoms with Crippen molar-refractivity contribution in [3.05, 3.63) is 17.9 Å². The molecule has 0 saturated heterocycles. The number of hydrogen-bond donors (Lipinski definition) is 2. The monoisotopic (exact) mass is 296 g/mol. The predicted octanol–water partition coefficient (Wildman–Crippen LogP) is 3.42. The Hall–Kier alpha value is -1.49. The second-order valence-corrected chi connectivity index (χ2v) is 6.20. The zero-order valence-electron chi connectivity index (χ0n) is 13.2. The van der Waals surface area contributed by atoms with E-state index in [9.17, 15) is 4.39 Å². The Morgan fingerprint density at radius 3 is 2.71 bits per heavy atom. The highest BCUT2D eigenvalue weighted by Gasteiger charge is 2.48. The lowest BCUT2D eigenvalue weighted by Crippen LogP contribution is -2.57. The molecule has 3 N–H and O–H groups in total. The quantitative estimate of drug-likeness (QED) is 0.790. The first-order valence-electron chi connectivity index (χ1n) is 7.41. The van der Waals surface area contributed by atoms with E-state index in [1.807, 2.05) is 6.92 Å². The zero-order valence-corrected chi connectivity index (χ0v) is 13.2. The summed E-state index contributed by atoms with van der Waals surface area (Å²) in [5.41, 5.74) is 7.04. The normalized spacial score (nSPS) is 23.5. The Balaban J connectivity index is 2.13. The minimum absolute atomic E-state index is 0.0139. The molecule has 0 heterocycles. The molecule has 21 heavy (non-hydrogen) atoms. The van der Waals surface area contributed by atoms with Gasteiger partial charge in [0.2, 0.25) is 0 Å². The van der Waals surface area contributed by atoms with Gasteiger partial charge in [-0.05, 0) is 12.8 Å². The van der Waals surface area contributed by atoms with Crippen molar-refractivity contribution in [1.29, 1.82) is 0 Å². The van der Waals surface area contributed by atoms with Crippen molar-refractivity contribution in [2.45, 2.75) is 45.8 Å². The van der Waals surface area contributed by atoms with Gasteiger partial charge in [0.25, 0.3) is 0 Å². The molecule has 0 radical (unpaired) electrons. The van der Waals surface area contributed by atoms with E-state index in [0.29, 0.717) is 12.3 Å². The van der Waals surface area contributed by atoms with E-state index in [4.69, 9.17) is 15.2 Å². The smallest absolute Gasteiger partial charge is 0.167 e. The minimum Gasteiger partial charge on any atom is -0.490 e. The molecule has 1 fully saturated rings. The van der Waals surface area contributed by atoms with Crippen molar-refractivity contribution in [3.63, 3.8) is 0 Å². The van der Waals surface area contributed by atoms with Gasteiger partial charge in [-0.2, -0.15) is 0 Å². The summed E-state index contributed by atoms with van der Waals surface area (Å²) < 4.78 is 24.7. The first-order valence-corrected chi connectivity index (χ1v) is 7.41. The fourth-order valence-corrected chi connectivity index (χ4v) is 2.73. The van der Waals surface area contributed by atoms with Gasteiger partial charge >= 0.3 is 0 Å². The van der Waals surface area contributed by atoms with Crippen molar-refractivity contribution in [3.8, 4) is 5.75 Å². The average molecular weight is 296 g/mol. The van der Waals surface area contributed by atoms with Gasteiger partial charge in [0, 0.05) is 30.7 Å². The van der Waals surface area contributed by atoms with Crippen molar-refractivity contribution >= 4 is 11.4 Å². The average Bonchev–Trinajstić information content (AvgIpc) is 2.43. The van der Waals surface area contributed by atoms with E-state index in [1.54, 1.807) is 13.2 Å². The first kappa shape index (κ1) is 15.9. The van der Waals surface area contributed by atoms with Crippen molar-refractivity contribution in [2.24, 2.45) is 5.41 Å². The highest BCUT2D eigenvalue weighted by Crippen LogP contribution is 2.45. The van der Waals surface area contributed by atoms with E-state index in [-0.39, 0.29) is 23.3 Å². The molecule has 2 atom stereocenters. The molecule has 0 aliphatic heterocycles. The number of methoxy groups -OCH3 is 1. The van der Waals surface area contributed by atoms with E-state index < -0.39 is 5.82 Å². The van der Waals surface area contributed by atoms with Gasteiger partial charge in [-0.15, -0.1) is 0 Å². The largest absolute Gasteiger partial charge is 0.490 e. The number of rotatable bonds is 6. The van der Waals surface area contributed by atoms with Gasteiger partial charge < -0.3 is 20.5 Å². The number of hydrogen-bond acceptors (Lipinski definition) is 4. The Bertz CT molecular complexity index is 505. The first-order chi connectivity index (χ1) is 9.90. The molecule has 118 valence electrons. The molecule has 1 aromatic rings. The second-order valence-electron chi connectivity index (χ2n) is 6.20. The van der Waals surface area contributed by atoms with Crippen LogP contribution in [0.3, 0.4) is 0 Å². The zero-order chi connectivity index (χ0) is 15.6. The molecule has 1 aliphatic rings. The number of nitrogens with two attached hydrogens (primary N) is 1. The van der Waals surface area contributed by atoms with Gasteiger partial charge in [0.15, 0.2) is 11.6 Å². The third-order valence-corrected chi connectivity index (χ3v) is 4.36. The molecule has 0 amide bonds. The van der Waals surface area contributed by atoms with Crippen LogP contribution in [0.1, 0.15) is 33.6 Å². The summed E-state index contributed by atoms with van der Waals surface area (Å²) in [5, 5.41) is 3.39. The lowest BCUT2D eigenvalue weighted by atomic mass is 9.64. The van der Waals surface area contributed by atoms with Gasteiger partial charge in [-0.1, -0.05) is 20.8 Å². The number of halogens is 1. The summed E-state index contributed by atoms with van der Waals surface area (Å²) >= 11 is 0. The third-order valence-electron chi connectivity index (χ3n) is 4.36. The number of ether oxygens (including phenoxy) is 2. The minimum atomic E-state index is -0.422. The van der Waals surface area contributed by atoms with Crippen LogP contribution in [-0.2, 0) is 4.74 Å². The molecule has 2 unspecified atom stereocenters. The predicted molar refractivity (Wildman–Crippen MR) is 83.2 cm³/mol. The topological polar surface area (TPSA) is 56.5 Å². The fourth-order valence-electron chi connectivity index (χ4n) is 2.73. The van der Waals surface area contributed by atoms with E-state index in [0.717, 1.165) is 18.5 Å². The SMILES string of the molecule is CCCOc1cc(NC2CC(OC)C2(C)C)c(N)cc1F. The molecular formula is C16H25FN2O2. The third kappa shape index (κ3) is 3.07. The second kappa shape index (κ2) is 6.10. The summed E-state index contributed by atoms with van der Waals surface area (Å²) in [6.45, 7) is 6.77. The lowest BCUT2D eigenvalue weighted by molar-refractivity contribution is -0.0794. The van der Waals surface area contributed by atoms with Crippen LogP contribution in [0.15, 0.2) is 12.1 Å². The van der Waals surface area contributed by atoms with Crippen LogP contribution >= 0.6 is 0 Å². The molecule has 1 aromatic carbocycles. The molecule has 5 heteroatoms. The molecule has 1 saturated carbocycles. The molecule has 0 aromatic heterocycles. The number of nitrogens with one attached hydrogen (secondary N) is 1. The maximum absolute atomic E-state index is 13.8. The number of nitrogen functional groups attached to an aromatic ring is 1. The molecule has 1 aliphatic carbocycles. The summed E-state index contributed by atoms with van der Waals surface area (Å²) in [7, 11) is 1.73. The van der Waals surface area contributed by atoms with Gasteiger partial charge in [0.05, 0.1) is 24.1 Å². The molecule has 2 rings (SSSR count). The van der Waals surface area contributed by atoms with Gasteiger partial charge in [-0.25, -0.2) is 4.39 Å². The standard InChI is InChI=1S/C16H25FN2O2/c1-5-6-21-13-8-12(11(18)7-10(13)17)19-14-9-15(20-4)16(14,2)3/h7-8,14-15,19H,5-6,9,18H2,1-4H3. The van der Waals surface area contributed by atoms with E-state index >= 15 is 0 Å². The summed E-state index contributed by atoms with van der Waals surface area (Å²) in [6, 6.07) is 3.21. The Morgan fingerprint density at radius 2 is 2.14 bits per heavy atom. The summed E-state index contributed by atoms with van der Waals surface area (Å²) in [5.74, 6) is -0.178. The van der Waals surface area contributed by atoms with E-state index in [1.165, 1.54) is 6.07 Å². The highest BCUT2D eigenvalue weighted by atomic mass is 19.1. The van der Waals surface area contributed by atoms with Crippen LogP contribution in [0.5, 0.6) is 5.75 Å². The molecule has 0 bridgehead atoms. The number of benzene rings is 1. The van der Waals surface area contributed by atoms with Crippen LogP contribution in [0.25, 0.3) is 0 Å². The summed E-state index contributed by atoms with van der Waals surface area (Å²) in [4.78, 5) is 0. The van der Waals surface area contributed by atoms with Crippen molar-refractivity contribution < 1.29 is 13.9 Å². The Kier molecular flexibility index (Phi) is 4.61. The molecule has 0 spiro atoms. The molecular weight excluding hydrogens is 271 g/mol. The maximum Gasteiger partial charge on any atom is 0.167 e. The Morgan fingerprint density at radius 1 is 1.43 bits per heavy atom. The van der Waals surface area contributed by atoms with Crippen LogP contribution < -0.4 is 15.8 Å². The van der Waals surface area contributed by atoms with Crippen LogP contribution in [0.4, 0.5) is 15.8 Å². The lowest BCUT2D eigenvalue weighted by Gasteiger charge is -2.51. The fraction of sp³-hybridized carbons (Fsp3) is 0.625. The molecule has 4 nitrogen and oxygen atoms in total. The Labute approximate surface area is 125 Å². The maximum atomic E-state index is 13.8. The van der Waals surface area contributed by atoms with Crippen LogP contribution in [-0.4, -0.2) is 25.9 Å². The number of anilines is 2. The van der Waals surface area contributed by atoms with Crippen molar-refractivity contribution in [1.82, 2.24) is 0 Å². The van der Waals surface area contributed by atoms with Crippen LogP contribution in [0, 0.1) is 11.2 Å². The van der Waals surface area contributed by atoms with Gasteiger partial charge in [0.1, 0.15) is 0 Å².